The third-order valence-electron chi connectivity index (χ3n) is 4.83. The van der Waals surface area contributed by atoms with Crippen LogP contribution in [0.5, 0.6) is 0 Å². The van der Waals surface area contributed by atoms with Gasteiger partial charge in [-0.2, -0.15) is 0 Å². The van der Waals surface area contributed by atoms with Crippen LogP contribution in [0.3, 0.4) is 0 Å². The van der Waals surface area contributed by atoms with Crippen molar-refractivity contribution in [2.24, 2.45) is 0 Å². The normalized spacial score (nSPS) is 10.1. The van der Waals surface area contributed by atoms with Crippen molar-refractivity contribution in [2.45, 2.75) is 90.9 Å². The maximum atomic E-state index is 12.4. The van der Waals surface area contributed by atoms with Crippen LogP contribution in [0.15, 0.2) is 37.4 Å². The fraction of sp³-hybridized carbons (Fsp3) is 0.615. The second kappa shape index (κ2) is 20.2. The van der Waals surface area contributed by atoms with E-state index in [4.69, 9.17) is 9.47 Å². The lowest BCUT2D eigenvalue weighted by atomic mass is 10.1. The Morgan fingerprint density at radius 1 is 0.633 bits per heavy atom. The zero-order valence-corrected chi connectivity index (χ0v) is 19.3. The van der Waals surface area contributed by atoms with Gasteiger partial charge in [0.15, 0.2) is 0 Å². The van der Waals surface area contributed by atoms with Gasteiger partial charge >= 0.3 is 11.9 Å². The second-order valence-electron chi connectivity index (χ2n) is 7.35. The first-order valence-corrected chi connectivity index (χ1v) is 11.6. The summed E-state index contributed by atoms with van der Waals surface area (Å²) in [4.78, 5) is 24.7. The fourth-order valence-corrected chi connectivity index (χ4v) is 3.09. The summed E-state index contributed by atoms with van der Waals surface area (Å²) in [5.74, 6) is -0.888. The van der Waals surface area contributed by atoms with E-state index >= 15 is 0 Å². The molecule has 30 heavy (non-hydrogen) atoms. The Kier molecular flexibility index (Phi) is 18.8. The van der Waals surface area contributed by atoms with Gasteiger partial charge in [-0.1, -0.05) is 90.2 Å². The predicted octanol–water partition coefficient (Wildman–Crippen LogP) is 7.52. The summed E-state index contributed by atoms with van der Waals surface area (Å²) in [6.07, 6.45) is 13.6. The molecule has 1 aromatic carbocycles. The molecule has 4 heteroatoms. The Morgan fingerprint density at radius 3 is 1.33 bits per heavy atom. The monoisotopic (exact) mass is 418 g/mol. The summed E-state index contributed by atoms with van der Waals surface area (Å²) in [6, 6.07) is 6.74. The van der Waals surface area contributed by atoms with Gasteiger partial charge in [0.1, 0.15) is 0 Å². The number of hydrogen-bond donors (Lipinski definition) is 0. The Hall–Kier alpha value is -2.10. The van der Waals surface area contributed by atoms with Crippen molar-refractivity contribution in [1.82, 2.24) is 0 Å². The minimum Gasteiger partial charge on any atom is -0.462 e. The summed E-state index contributed by atoms with van der Waals surface area (Å²) in [5, 5.41) is 0. The zero-order chi connectivity index (χ0) is 22.5. The SMILES string of the molecule is C=C.CCCCCCCCOC(=O)c1ccccc1C(=O)OCCCCCCCC. The lowest BCUT2D eigenvalue weighted by molar-refractivity contribution is 0.0450. The number of ether oxygens (including phenoxy) is 2. The predicted molar refractivity (Wildman–Crippen MR) is 125 cm³/mol. The number of esters is 2. The van der Waals surface area contributed by atoms with E-state index in [1.165, 1.54) is 51.4 Å². The minimum atomic E-state index is -0.444. The number of rotatable bonds is 16. The van der Waals surface area contributed by atoms with Crippen molar-refractivity contribution in [2.75, 3.05) is 13.2 Å². The summed E-state index contributed by atoms with van der Waals surface area (Å²) in [5.41, 5.74) is 0.586. The van der Waals surface area contributed by atoms with Gasteiger partial charge in [0.05, 0.1) is 24.3 Å². The van der Waals surface area contributed by atoms with Crippen LogP contribution >= 0.6 is 0 Å². The van der Waals surface area contributed by atoms with Gasteiger partial charge in [-0.05, 0) is 25.0 Å². The molecule has 0 atom stereocenters. The quantitative estimate of drug-likeness (QED) is 0.158. The zero-order valence-electron chi connectivity index (χ0n) is 19.3. The van der Waals surface area contributed by atoms with Gasteiger partial charge in [0.2, 0.25) is 0 Å². The molecule has 0 aromatic heterocycles. The number of hydrogen-bond acceptors (Lipinski definition) is 4. The van der Waals surface area contributed by atoms with Crippen LogP contribution in [0.1, 0.15) is 112 Å². The van der Waals surface area contributed by atoms with Crippen molar-refractivity contribution in [1.29, 1.82) is 0 Å². The van der Waals surface area contributed by atoms with Gasteiger partial charge in [0.25, 0.3) is 0 Å². The molecule has 0 unspecified atom stereocenters. The van der Waals surface area contributed by atoms with Crippen LogP contribution in [0.4, 0.5) is 0 Å². The van der Waals surface area contributed by atoms with E-state index in [1.54, 1.807) is 24.3 Å². The van der Waals surface area contributed by atoms with Crippen molar-refractivity contribution < 1.29 is 19.1 Å². The van der Waals surface area contributed by atoms with Crippen LogP contribution in [-0.2, 0) is 9.47 Å². The van der Waals surface area contributed by atoms with Crippen LogP contribution in [0.25, 0.3) is 0 Å². The summed E-state index contributed by atoms with van der Waals surface area (Å²) in [6.45, 7) is 11.2. The van der Waals surface area contributed by atoms with Gasteiger partial charge < -0.3 is 9.47 Å². The van der Waals surface area contributed by atoms with E-state index in [2.05, 4.69) is 27.0 Å². The average Bonchev–Trinajstić information content (AvgIpc) is 2.79. The van der Waals surface area contributed by atoms with Crippen LogP contribution in [0, 0.1) is 0 Å². The van der Waals surface area contributed by atoms with Crippen molar-refractivity contribution in [3.8, 4) is 0 Å². The highest BCUT2D eigenvalue weighted by Gasteiger charge is 2.18. The Balaban J connectivity index is 0.00000407. The summed E-state index contributed by atoms with van der Waals surface area (Å²) < 4.78 is 10.7. The van der Waals surface area contributed by atoms with Crippen molar-refractivity contribution in [3.05, 3.63) is 48.6 Å². The molecular weight excluding hydrogens is 376 g/mol. The minimum absolute atomic E-state index is 0.293. The molecule has 0 aliphatic rings. The number of carbonyl (C=O) groups excluding carboxylic acids is 2. The van der Waals surface area contributed by atoms with Gasteiger partial charge in [-0.15, -0.1) is 13.2 Å². The largest absolute Gasteiger partial charge is 0.462 e. The molecule has 170 valence electrons. The molecule has 0 saturated carbocycles. The van der Waals surface area contributed by atoms with E-state index in [1.807, 2.05) is 0 Å². The Morgan fingerprint density at radius 2 is 0.967 bits per heavy atom. The Bertz CT molecular complexity index is 519. The molecule has 0 fully saturated rings. The molecule has 0 aliphatic carbocycles. The van der Waals surface area contributed by atoms with Crippen LogP contribution in [0.2, 0.25) is 0 Å². The van der Waals surface area contributed by atoms with Crippen LogP contribution < -0.4 is 0 Å². The number of carbonyl (C=O) groups is 2. The van der Waals surface area contributed by atoms with Crippen molar-refractivity contribution in [3.63, 3.8) is 0 Å². The molecule has 0 amide bonds. The average molecular weight is 419 g/mol. The molecule has 0 bridgehead atoms. The first kappa shape index (κ1) is 27.9. The van der Waals surface area contributed by atoms with Gasteiger partial charge in [-0.3, -0.25) is 0 Å². The molecular formula is C26H42O4. The highest BCUT2D eigenvalue weighted by Crippen LogP contribution is 2.14. The van der Waals surface area contributed by atoms with Gasteiger partial charge in [0, 0.05) is 0 Å². The third-order valence-corrected chi connectivity index (χ3v) is 4.83. The van der Waals surface area contributed by atoms with E-state index in [0.29, 0.717) is 24.3 Å². The molecule has 0 aliphatic heterocycles. The molecule has 1 aromatic rings. The van der Waals surface area contributed by atoms with E-state index in [0.717, 1.165) is 25.7 Å². The standard InChI is InChI=1S/C24H38O4.C2H4/c1-3-5-7-9-11-15-19-27-23(25)21-17-13-14-18-22(21)24(26)28-20-16-12-10-8-6-4-2;1-2/h13-14,17-18H,3-12,15-16,19-20H2,1-2H3;1-2H2. The molecule has 0 saturated heterocycles. The Labute approximate surface area is 184 Å². The molecule has 0 heterocycles. The number of benzene rings is 1. The fourth-order valence-electron chi connectivity index (χ4n) is 3.09. The van der Waals surface area contributed by atoms with Crippen LogP contribution in [-0.4, -0.2) is 25.2 Å². The molecule has 0 radical (unpaired) electrons. The first-order valence-electron chi connectivity index (χ1n) is 11.6. The topological polar surface area (TPSA) is 52.6 Å². The lowest BCUT2D eigenvalue weighted by Crippen LogP contribution is -2.15. The molecule has 0 spiro atoms. The maximum Gasteiger partial charge on any atom is 0.339 e. The maximum absolute atomic E-state index is 12.4. The highest BCUT2D eigenvalue weighted by atomic mass is 16.5. The van der Waals surface area contributed by atoms with E-state index in [-0.39, 0.29) is 0 Å². The summed E-state index contributed by atoms with van der Waals surface area (Å²) >= 11 is 0. The highest BCUT2D eigenvalue weighted by molar-refractivity contribution is 6.03. The summed E-state index contributed by atoms with van der Waals surface area (Å²) in [7, 11) is 0. The molecule has 4 nitrogen and oxygen atoms in total. The van der Waals surface area contributed by atoms with E-state index in [9.17, 15) is 9.59 Å². The molecule has 1 rings (SSSR count). The van der Waals surface area contributed by atoms with E-state index < -0.39 is 11.9 Å². The smallest absolute Gasteiger partial charge is 0.339 e. The lowest BCUT2D eigenvalue weighted by Gasteiger charge is -2.10. The van der Waals surface area contributed by atoms with Crippen molar-refractivity contribution >= 4 is 11.9 Å². The second-order valence-corrected chi connectivity index (χ2v) is 7.35. The first-order chi connectivity index (χ1) is 14.7. The van der Waals surface area contributed by atoms with Gasteiger partial charge in [-0.25, -0.2) is 9.59 Å². The third kappa shape index (κ3) is 13.2. The number of unbranched alkanes of at least 4 members (excludes halogenated alkanes) is 10. The molecule has 0 N–H and O–H groups in total.